The van der Waals surface area contributed by atoms with Gasteiger partial charge >= 0.3 is 97.4 Å². The molecule has 2 rings (SSSR count). The molecule has 1 radical (unpaired) electrons. The Bertz CT molecular complexity index is 442. The van der Waals surface area contributed by atoms with E-state index in [2.05, 4.69) is 45.0 Å². The van der Waals surface area contributed by atoms with Crippen molar-refractivity contribution in [2.24, 2.45) is 0 Å². The van der Waals surface area contributed by atoms with Crippen molar-refractivity contribution in [2.45, 2.75) is 11.7 Å². The van der Waals surface area contributed by atoms with E-state index in [1.807, 2.05) is 24.5 Å². The van der Waals surface area contributed by atoms with E-state index in [0.29, 0.717) is 0 Å². The van der Waals surface area contributed by atoms with Crippen molar-refractivity contribution in [3.63, 3.8) is 0 Å². The minimum absolute atomic E-state index is 0.180. The van der Waals surface area contributed by atoms with E-state index in [9.17, 15) is 0 Å². The molecule has 2 aromatic heterocycles. The van der Waals surface area contributed by atoms with Gasteiger partial charge in [-0.2, -0.15) is 0 Å². The summed E-state index contributed by atoms with van der Waals surface area (Å²) in [6.07, 6.45) is 5.47. The van der Waals surface area contributed by atoms with Crippen molar-refractivity contribution in [1.29, 1.82) is 0 Å². The molecule has 0 spiro atoms. The van der Waals surface area contributed by atoms with Crippen molar-refractivity contribution in [2.75, 3.05) is 0 Å². The number of pyridine rings is 2. The minimum atomic E-state index is 0.180. The molecule has 2 heterocycles. The Morgan fingerprint density at radius 2 is 2.00 bits per heavy atom. The second-order valence-corrected chi connectivity index (χ2v) is 4.36. The fourth-order valence-electron chi connectivity index (χ4n) is 1.46. The van der Waals surface area contributed by atoms with Crippen LogP contribution in [0.4, 0.5) is 0 Å². The molecule has 0 N–H and O–H groups in total. The molecule has 0 fully saturated rings. The van der Waals surface area contributed by atoms with Crippen LogP contribution in [0.5, 0.6) is 0 Å². The van der Waals surface area contributed by atoms with Gasteiger partial charge in [-0.05, 0) is 0 Å². The van der Waals surface area contributed by atoms with Crippen LogP contribution >= 0.6 is 0 Å². The average Bonchev–Trinajstić information content (AvgIpc) is 2.30. The van der Waals surface area contributed by atoms with E-state index >= 15 is 0 Å². The number of hydrogen-bond acceptors (Lipinski definition) is 2. The van der Waals surface area contributed by atoms with Gasteiger partial charge in [0.05, 0.1) is 0 Å². The topological polar surface area (TPSA) is 25.8 Å². The van der Waals surface area contributed by atoms with Crippen LogP contribution in [0.1, 0.15) is 21.6 Å². The van der Waals surface area contributed by atoms with Crippen LogP contribution < -0.4 is 0 Å². The zero-order valence-corrected chi connectivity index (χ0v) is 10.1. The Morgan fingerprint density at radius 1 is 1.20 bits per heavy atom. The molecule has 1 unspecified atom stereocenters. The Morgan fingerprint density at radius 3 is 2.67 bits per heavy atom. The molecular weight excluding hydrogens is 251 g/mol. The molecule has 0 aliphatic carbocycles. The summed E-state index contributed by atoms with van der Waals surface area (Å²) in [4.78, 5) is 8.69. The van der Waals surface area contributed by atoms with E-state index in [1.165, 1.54) is 5.56 Å². The van der Waals surface area contributed by atoms with Gasteiger partial charge in [0, 0.05) is 0 Å². The Kier molecular flexibility index (Phi) is 3.14. The quantitative estimate of drug-likeness (QED) is 0.774. The van der Waals surface area contributed by atoms with E-state index in [4.69, 9.17) is 0 Å². The number of aryl methyl sites for hydroxylation is 1. The van der Waals surface area contributed by atoms with Crippen LogP contribution in [0.3, 0.4) is 0 Å². The normalized spacial score (nSPS) is 12.4. The van der Waals surface area contributed by atoms with Crippen LogP contribution in [-0.4, -0.2) is 26.0 Å². The molecule has 15 heavy (non-hydrogen) atoms. The maximum atomic E-state index is 4.40. The van der Waals surface area contributed by atoms with Gasteiger partial charge in [0.2, 0.25) is 0 Å². The number of nitrogens with zero attached hydrogens (tertiary/aromatic N) is 2. The fourth-order valence-corrected chi connectivity index (χ4v) is 2.27. The van der Waals surface area contributed by atoms with Gasteiger partial charge < -0.3 is 0 Å². The van der Waals surface area contributed by atoms with Crippen LogP contribution in [0, 0.1) is 6.92 Å². The van der Waals surface area contributed by atoms with Gasteiger partial charge in [-0.15, -0.1) is 0 Å². The Hall–Kier alpha value is -1.18. The zero-order chi connectivity index (χ0) is 10.7. The predicted molar refractivity (Wildman–Crippen MR) is 60.8 cm³/mol. The van der Waals surface area contributed by atoms with Crippen LogP contribution in [0.2, 0.25) is 0 Å². The molecule has 1 atom stereocenters. The van der Waals surface area contributed by atoms with Gasteiger partial charge in [-0.1, -0.05) is 0 Å². The van der Waals surface area contributed by atoms with Gasteiger partial charge in [-0.3, -0.25) is 0 Å². The first-order valence-corrected chi connectivity index (χ1v) is 5.75. The van der Waals surface area contributed by atoms with E-state index in [0.717, 1.165) is 11.3 Å². The fraction of sp³-hybridized carbons (Fsp3) is 0.167. The SMILES string of the molecule is Cc1cccnc1C([Se])c1cccnc1. The van der Waals surface area contributed by atoms with E-state index in [-0.39, 0.29) is 4.82 Å². The van der Waals surface area contributed by atoms with Crippen LogP contribution in [0.25, 0.3) is 0 Å². The monoisotopic (exact) mass is 263 g/mol. The molecule has 0 amide bonds. The molecule has 2 nitrogen and oxygen atoms in total. The third kappa shape index (κ3) is 2.25. The van der Waals surface area contributed by atoms with Crippen molar-refractivity contribution < 1.29 is 0 Å². The summed E-state index contributed by atoms with van der Waals surface area (Å²) in [5.74, 6) is 0. The van der Waals surface area contributed by atoms with Crippen molar-refractivity contribution in [3.8, 4) is 0 Å². The first-order chi connectivity index (χ1) is 7.29. The molecule has 0 bridgehead atoms. The Labute approximate surface area is 97.6 Å². The molecule has 3 heteroatoms. The van der Waals surface area contributed by atoms with Crippen molar-refractivity contribution in [3.05, 3.63) is 59.7 Å². The molecule has 0 saturated heterocycles. The van der Waals surface area contributed by atoms with Crippen molar-refractivity contribution >= 4 is 16.0 Å². The average molecular weight is 262 g/mol. The van der Waals surface area contributed by atoms with Gasteiger partial charge in [0.25, 0.3) is 0 Å². The molecule has 0 aliphatic rings. The van der Waals surface area contributed by atoms with Gasteiger partial charge in [0.15, 0.2) is 0 Å². The second-order valence-electron chi connectivity index (χ2n) is 3.37. The first-order valence-electron chi connectivity index (χ1n) is 4.76. The summed E-state index contributed by atoms with van der Waals surface area (Å²) in [6.45, 7) is 2.07. The summed E-state index contributed by atoms with van der Waals surface area (Å²) < 4.78 is 0. The van der Waals surface area contributed by atoms with Crippen LogP contribution in [0.15, 0.2) is 42.9 Å². The first kappa shape index (κ1) is 10.3. The summed E-state index contributed by atoms with van der Waals surface area (Å²) in [5, 5.41) is 0. The van der Waals surface area contributed by atoms with Crippen molar-refractivity contribution in [1.82, 2.24) is 9.97 Å². The molecule has 0 aliphatic heterocycles. The van der Waals surface area contributed by atoms with Gasteiger partial charge in [-0.25, -0.2) is 0 Å². The maximum absolute atomic E-state index is 4.40. The van der Waals surface area contributed by atoms with Crippen LogP contribution in [-0.2, 0) is 0 Å². The zero-order valence-electron chi connectivity index (χ0n) is 8.42. The molecule has 0 saturated carbocycles. The number of hydrogen-bond donors (Lipinski definition) is 0. The Balaban J connectivity index is 2.37. The number of aromatic nitrogens is 2. The summed E-state index contributed by atoms with van der Waals surface area (Å²) >= 11 is 3.15. The summed E-state index contributed by atoms with van der Waals surface area (Å²) in [5.41, 5.74) is 3.43. The van der Waals surface area contributed by atoms with Gasteiger partial charge in [0.1, 0.15) is 0 Å². The summed E-state index contributed by atoms with van der Waals surface area (Å²) in [7, 11) is 0. The van der Waals surface area contributed by atoms with E-state index < -0.39 is 0 Å². The van der Waals surface area contributed by atoms with E-state index in [1.54, 1.807) is 6.20 Å². The third-order valence-corrected chi connectivity index (χ3v) is 3.32. The molecule has 2 aromatic rings. The molecular formula is C12H11N2Se. The predicted octanol–water partition coefficient (Wildman–Crippen LogP) is 2.04. The third-order valence-electron chi connectivity index (χ3n) is 2.29. The summed E-state index contributed by atoms with van der Waals surface area (Å²) in [6, 6.07) is 8.03. The second kappa shape index (κ2) is 4.56. The molecule has 75 valence electrons. The number of rotatable bonds is 2. The molecule has 0 aromatic carbocycles. The standard InChI is InChI=1S/C12H11N2Se/c1-9-4-2-7-14-11(9)12(15)10-5-3-6-13-8-10/h2-8,12H,1H3.